The average Bonchev–Trinajstić information content (AvgIpc) is 2.46. The summed E-state index contributed by atoms with van der Waals surface area (Å²) in [6, 6.07) is 6.12. The summed E-state index contributed by atoms with van der Waals surface area (Å²) in [4.78, 5) is 24.0. The van der Waals surface area contributed by atoms with Gasteiger partial charge in [0.05, 0.1) is 4.92 Å². The second kappa shape index (κ2) is 10.1. The number of carbonyl (C=O) groups excluding carboxylic acids is 1. The second-order valence-corrected chi connectivity index (χ2v) is 4.43. The van der Waals surface area contributed by atoms with Gasteiger partial charge in [-0.25, -0.2) is 0 Å². The van der Waals surface area contributed by atoms with E-state index in [0.29, 0.717) is 6.42 Å². The van der Waals surface area contributed by atoms with Crippen molar-refractivity contribution in [2.24, 2.45) is 0 Å². The van der Waals surface area contributed by atoms with Gasteiger partial charge in [-0.2, -0.15) is 0 Å². The smallest absolute Gasteiger partial charge is 0.269 e. The van der Waals surface area contributed by atoms with Gasteiger partial charge in [-0.15, -0.1) is 12.4 Å². The number of nitro benzene ring substituents is 1. The number of hydrogen-bond donors (Lipinski definition) is 0. The van der Waals surface area contributed by atoms with Gasteiger partial charge >= 0.3 is 0 Å². The first-order valence-electron chi connectivity index (χ1n) is 6.74. The summed E-state index contributed by atoms with van der Waals surface area (Å²) >= 11 is 0. The number of carbonyl (C=O) groups is 1. The molecular formula is C15H21ClN2O3. The highest BCUT2D eigenvalue weighted by molar-refractivity contribution is 5.93. The van der Waals surface area contributed by atoms with Crippen molar-refractivity contribution in [2.45, 2.75) is 20.3 Å². The van der Waals surface area contributed by atoms with E-state index in [4.69, 9.17) is 0 Å². The molecule has 6 heteroatoms. The standard InChI is InChI=1S/C15H20N2O3.ClH/c1-3-16(4-2)12-11-15(18)10-7-13-5-8-14(9-6-13)17(19)20;/h5-10H,3-4,11-12H2,1-2H3;1H/b10-7+;. The Bertz CT molecular complexity index is 482. The molecule has 0 N–H and O–H groups in total. The molecule has 1 aromatic rings. The van der Waals surface area contributed by atoms with Gasteiger partial charge in [-0.3, -0.25) is 14.9 Å². The SMILES string of the molecule is CCN(CC)CCC(=O)/C=C/c1ccc([N+](=O)[O-])cc1.Cl. The molecule has 0 fully saturated rings. The van der Waals surface area contributed by atoms with Gasteiger partial charge in [-0.05, 0) is 36.9 Å². The Kier molecular flexibility index (Phi) is 9.25. The van der Waals surface area contributed by atoms with E-state index >= 15 is 0 Å². The summed E-state index contributed by atoms with van der Waals surface area (Å²) < 4.78 is 0. The quantitative estimate of drug-likeness (QED) is 0.419. The van der Waals surface area contributed by atoms with Crippen LogP contribution < -0.4 is 0 Å². The fourth-order valence-electron chi connectivity index (χ4n) is 1.79. The van der Waals surface area contributed by atoms with Crippen molar-refractivity contribution < 1.29 is 9.72 Å². The highest BCUT2D eigenvalue weighted by Crippen LogP contribution is 2.12. The average molecular weight is 313 g/mol. The van der Waals surface area contributed by atoms with E-state index in [-0.39, 0.29) is 23.9 Å². The Morgan fingerprint density at radius 2 is 1.81 bits per heavy atom. The number of nitro groups is 1. The minimum Gasteiger partial charge on any atom is -0.303 e. The van der Waals surface area contributed by atoms with Crippen LogP contribution >= 0.6 is 12.4 Å². The molecule has 0 saturated carbocycles. The van der Waals surface area contributed by atoms with Crippen LogP contribution in [-0.2, 0) is 4.79 Å². The fourth-order valence-corrected chi connectivity index (χ4v) is 1.79. The number of non-ortho nitro benzene ring substituents is 1. The third-order valence-electron chi connectivity index (χ3n) is 3.13. The van der Waals surface area contributed by atoms with Gasteiger partial charge in [0.15, 0.2) is 5.78 Å². The highest BCUT2D eigenvalue weighted by Gasteiger charge is 2.04. The predicted molar refractivity (Wildman–Crippen MR) is 86.8 cm³/mol. The summed E-state index contributed by atoms with van der Waals surface area (Å²) in [6.45, 7) is 6.78. The van der Waals surface area contributed by atoms with Crippen molar-refractivity contribution in [3.05, 3.63) is 46.0 Å². The third-order valence-corrected chi connectivity index (χ3v) is 3.13. The van der Waals surface area contributed by atoms with Crippen molar-refractivity contribution in [3.8, 4) is 0 Å². The van der Waals surface area contributed by atoms with Crippen molar-refractivity contribution in [2.75, 3.05) is 19.6 Å². The molecule has 0 spiro atoms. The number of benzene rings is 1. The largest absolute Gasteiger partial charge is 0.303 e. The van der Waals surface area contributed by atoms with Crippen LogP contribution in [0.2, 0.25) is 0 Å². The highest BCUT2D eigenvalue weighted by atomic mass is 35.5. The van der Waals surface area contributed by atoms with Gasteiger partial charge in [0.1, 0.15) is 0 Å². The maximum atomic E-state index is 11.7. The van der Waals surface area contributed by atoms with E-state index < -0.39 is 4.92 Å². The summed E-state index contributed by atoms with van der Waals surface area (Å²) in [5, 5.41) is 10.5. The van der Waals surface area contributed by atoms with E-state index in [9.17, 15) is 14.9 Å². The molecule has 0 aromatic heterocycles. The van der Waals surface area contributed by atoms with Gasteiger partial charge < -0.3 is 4.90 Å². The monoisotopic (exact) mass is 312 g/mol. The number of allylic oxidation sites excluding steroid dienone is 1. The lowest BCUT2D eigenvalue weighted by atomic mass is 10.1. The number of rotatable bonds is 8. The zero-order chi connectivity index (χ0) is 15.0. The summed E-state index contributed by atoms with van der Waals surface area (Å²) in [5.41, 5.74) is 0.835. The molecule has 1 aromatic carbocycles. The molecule has 0 aliphatic heterocycles. The molecule has 0 unspecified atom stereocenters. The topological polar surface area (TPSA) is 63.5 Å². The van der Waals surface area contributed by atoms with Gasteiger partial charge in [-0.1, -0.05) is 19.9 Å². The van der Waals surface area contributed by atoms with Crippen LogP contribution in [-0.4, -0.2) is 35.2 Å². The Morgan fingerprint density at radius 3 is 2.29 bits per heavy atom. The van der Waals surface area contributed by atoms with Crippen LogP contribution in [0.3, 0.4) is 0 Å². The van der Waals surface area contributed by atoms with Crippen LogP contribution in [0.4, 0.5) is 5.69 Å². The molecule has 0 heterocycles. The van der Waals surface area contributed by atoms with Gasteiger partial charge in [0, 0.05) is 25.1 Å². The number of ketones is 1. The minimum atomic E-state index is -0.442. The Balaban J connectivity index is 0.00000400. The minimum absolute atomic E-state index is 0. The van der Waals surface area contributed by atoms with E-state index in [1.54, 1.807) is 18.2 Å². The first-order chi connectivity index (χ1) is 9.56. The first-order valence-corrected chi connectivity index (χ1v) is 6.74. The van der Waals surface area contributed by atoms with Crippen LogP contribution in [0.5, 0.6) is 0 Å². The Labute approximate surface area is 131 Å². The first kappa shape index (κ1) is 19.3. The molecule has 0 atom stereocenters. The van der Waals surface area contributed by atoms with Crippen molar-refractivity contribution in [1.29, 1.82) is 0 Å². The van der Waals surface area contributed by atoms with E-state index in [1.807, 2.05) is 0 Å². The maximum Gasteiger partial charge on any atom is 0.269 e. The van der Waals surface area contributed by atoms with Crippen molar-refractivity contribution >= 4 is 30.0 Å². The zero-order valence-electron chi connectivity index (χ0n) is 12.3. The molecule has 0 aliphatic carbocycles. The predicted octanol–water partition coefficient (Wildman–Crippen LogP) is 3.33. The van der Waals surface area contributed by atoms with Crippen LogP contribution in [0.1, 0.15) is 25.8 Å². The van der Waals surface area contributed by atoms with Crippen molar-refractivity contribution in [1.82, 2.24) is 4.90 Å². The molecule has 1 rings (SSSR count). The summed E-state index contributed by atoms with van der Waals surface area (Å²) in [5.74, 6) is 0.0650. The van der Waals surface area contributed by atoms with Crippen LogP contribution in [0, 0.1) is 10.1 Å². The van der Waals surface area contributed by atoms with Crippen LogP contribution in [0.15, 0.2) is 30.3 Å². The normalized spacial score (nSPS) is 10.6. The molecule has 0 bridgehead atoms. The number of nitrogens with zero attached hydrogens (tertiary/aromatic N) is 2. The summed E-state index contributed by atoms with van der Waals surface area (Å²) in [6.07, 6.45) is 3.71. The Hall–Kier alpha value is -1.72. The number of hydrogen-bond acceptors (Lipinski definition) is 4. The third kappa shape index (κ3) is 7.02. The second-order valence-electron chi connectivity index (χ2n) is 4.43. The fraction of sp³-hybridized carbons (Fsp3) is 0.400. The molecular weight excluding hydrogens is 292 g/mol. The molecule has 0 aliphatic rings. The van der Waals surface area contributed by atoms with Crippen LogP contribution in [0.25, 0.3) is 6.08 Å². The lowest BCUT2D eigenvalue weighted by Crippen LogP contribution is -2.25. The van der Waals surface area contributed by atoms with E-state index in [0.717, 1.165) is 25.2 Å². The van der Waals surface area contributed by atoms with Gasteiger partial charge in [0.2, 0.25) is 0 Å². The molecule has 0 radical (unpaired) electrons. The lowest BCUT2D eigenvalue weighted by Gasteiger charge is -2.16. The molecule has 21 heavy (non-hydrogen) atoms. The molecule has 0 amide bonds. The number of halogens is 1. The maximum absolute atomic E-state index is 11.7. The van der Waals surface area contributed by atoms with E-state index in [2.05, 4.69) is 18.7 Å². The zero-order valence-corrected chi connectivity index (χ0v) is 13.1. The molecule has 116 valence electrons. The molecule has 0 saturated heterocycles. The summed E-state index contributed by atoms with van der Waals surface area (Å²) in [7, 11) is 0. The van der Waals surface area contributed by atoms with Crippen molar-refractivity contribution in [3.63, 3.8) is 0 Å². The Morgan fingerprint density at radius 1 is 1.24 bits per heavy atom. The van der Waals surface area contributed by atoms with Gasteiger partial charge in [0.25, 0.3) is 5.69 Å². The van der Waals surface area contributed by atoms with E-state index in [1.165, 1.54) is 18.2 Å². The lowest BCUT2D eigenvalue weighted by molar-refractivity contribution is -0.384. The molecule has 5 nitrogen and oxygen atoms in total.